The normalized spacial score (nSPS) is 10.4. The molecule has 78 valence electrons. The van der Waals surface area contributed by atoms with Gasteiger partial charge in [0, 0.05) is 0 Å². The van der Waals surface area contributed by atoms with E-state index in [4.69, 9.17) is 6.42 Å². The molecule has 0 spiro atoms. The minimum absolute atomic E-state index is 0. The predicted molar refractivity (Wildman–Crippen MR) is 67.0 cm³/mol. The summed E-state index contributed by atoms with van der Waals surface area (Å²) in [6, 6.07) is 0. The van der Waals surface area contributed by atoms with Crippen molar-refractivity contribution in [1.29, 1.82) is 0 Å². The third-order valence-electron chi connectivity index (χ3n) is 2.51. The molecule has 0 N–H and O–H groups in total. The average molecular weight is 294 g/mol. The second kappa shape index (κ2) is 8.47. The van der Waals surface area contributed by atoms with Gasteiger partial charge >= 0.3 is 23.1 Å². The Balaban J connectivity index is -0.000000720. The molecule has 0 aliphatic rings. The third kappa shape index (κ3) is 8.16. The molecule has 0 rings (SSSR count). The van der Waals surface area contributed by atoms with Gasteiger partial charge in [0.2, 0.25) is 0 Å². The van der Waals surface area contributed by atoms with Crippen LogP contribution in [0.3, 0.4) is 0 Å². The summed E-state index contributed by atoms with van der Waals surface area (Å²) in [6.45, 7) is 11.2. The number of hydrogen-bond acceptors (Lipinski definition) is 0. The van der Waals surface area contributed by atoms with Crippen LogP contribution in [-0.4, -0.2) is 31.1 Å². The fourth-order valence-corrected chi connectivity index (χ4v) is 1.31. The van der Waals surface area contributed by atoms with Crippen LogP contribution in [0, 0.1) is 23.8 Å². The first-order valence-electron chi connectivity index (χ1n) is 4.41. The van der Waals surface area contributed by atoms with Crippen LogP contribution in [0.5, 0.6) is 0 Å². The van der Waals surface area contributed by atoms with E-state index in [1.807, 2.05) is 0 Å². The molecule has 0 aliphatic carbocycles. The van der Waals surface area contributed by atoms with Gasteiger partial charge in [0.15, 0.2) is 0 Å². The van der Waals surface area contributed by atoms with E-state index >= 15 is 0 Å². The Labute approximate surface area is 122 Å². The molecule has 0 aromatic heterocycles. The van der Waals surface area contributed by atoms with Gasteiger partial charge in [0.05, 0.1) is 0 Å². The molecule has 0 atom stereocenters. The molecule has 0 amide bonds. The van der Waals surface area contributed by atoms with Crippen molar-refractivity contribution in [3.63, 3.8) is 0 Å². The van der Waals surface area contributed by atoms with E-state index in [0.717, 1.165) is 0 Å². The van der Waals surface area contributed by atoms with Gasteiger partial charge in [0.25, 0.3) is 0 Å². The van der Waals surface area contributed by atoms with Crippen LogP contribution in [0.15, 0.2) is 12.2 Å². The molecular weight excluding hydrogens is 276 g/mol. The fourth-order valence-electron chi connectivity index (χ4n) is 0.493. The molecule has 0 aromatic carbocycles. The first-order chi connectivity index (χ1) is 5.81. The van der Waals surface area contributed by atoms with E-state index in [-0.39, 0.29) is 40.0 Å². The first-order valence-corrected chi connectivity index (χ1v) is 7.41. The maximum Gasteiger partial charge on any atom is 2.00 e. The van der Waals surface area contributed by atoms with Crippen LogP contribution in [0.1, 0.15) is 20.8 Å². The minimum Gasteiger partial charge on any atom is -1.00 e. The molecule has 0 fully saturated rings. The third-order valence-corrected chi connectivity index (χ3v) is 7.03. The van der Waals surface area contributed by atoms with E-state index in [0.29, 0.717) is 5.04 Å². The average Bonchev–Trinajstić information content (AvgIpc) is 1.96. The standard InChI is InChI=1S/C12H17Si.BrH.Mg/c1-7-8-9-10-11-13(5,6)12(2,3)4;;/h8-9H,2-6H3;1H;/q-1;;+2/p-1. The van der Waals surface area contributed by atoms with Gasteiger partial charge < -0.3 is 23.4 Å². The van der Waals surface area contributed by atoms with Gasteiger partial charge in [0.1, 0.15) is 8.07 Å². The van der Waals surface area contributed by atoms with E-state index in [2.05, 4.69) is 51.2 Å². The van der Waals surface area contributed by atoms with Crippen molar-refractivity contribution in [3.05, 3.63) is 18.6 Å². The maximum atomic E-state index is 6.67. The summed E-state index contributed by atoms with van der Waals surface area (Å²) in [5.74, 6) is 5.16. The summed E-state index contributed by atoms with van der Waals surface area (Å²) in [7, 11) is -1.46. The smallest absolute Gasteiger partial charge is 1.00 e. The van der Waals surface area contributed by atoms with Crippen LogP contribution >= 0.6 is 0 Å². The number of allylic oxidation sites excluding steroid dienone is 2. The molecule has 15 heavy (non-hydrogen) atoms. The second-order valence-electron chi connectivity index (χ2n) is 4.62. The molecule has 0 heterocycles. The molecule has 3 heteroatoms. The van der Waals surface area contributed by atoms with Crippen molar-refractivity contribution >= 4 is 31.1 Å². The first kappa shape index (κ1) is 20.7. The quantitative estimate of drug-likeness (QED) is 0.330. The number of hydrogen-bond donors (Lipinski definition) is 0. The van der Waals surface area contributed by atoms with E-state index in [1.165, 1.54) is 6.08 Å². The van der Waals surface area contributed by atoms with Crippen molar-refractivity contribution in [1.82, 2.24) is 0 Å². The summed E-state index contributed by atoms with van der Waals surface area (Å²) in [6.07, 6.45) is 9.88. The van der Waals surface area contributed by atoms with Crippen LogP contribution in [0.25, 0.3) is 0 Å². The molecule has 0 aromatic rings. The maximum absolute atomic E-state index is 6.67. The Morgan fingerprint density at radius 2 is 1.60 bits per heavy atom. The van der Waals surface area contributed by atoms with Gasteiger partial charge in [-0.1, -0.05) is 39.9 Å². The zero-order chi connectivity index (χ0) is 10.5. The predicted octanol–water partition coefficient (Wildman–Crippen LogP) is -0.193. The van der Waals surface area contributed by atoms with Crippen LogP contribution in [0.4, 0.5) is 0 Å². The molecule has 0 aliphatic heterocycles. The minimum atomic E-state index is -1.46. The largest absolute Gasteiger partial charge is 2.00 e. The van der Waals surface area contributed by atoms with Gasteiger partial charge in [-0.2, -0.15) is 6.08 Å². The summed E-state index contributed by atoms with van der Waals surface area (Å²) in [4.78, 5) is 0. The molecule has 0 unspecified atom stereocenters. The second-order valence-corrected chi connectivity index (χ2v) is 9.62. The van der Waals surface area contributed by atoms with Gasteiger partial charge in [-0.3, -0.25) is 5.92 Å². The zero-order valence-electron chi connectivity index (χ0n) is 10.2. The number of halogens is 1. The summed E-state index contributed by atoms with van der Waals surface area (Å²) in [5, 5.41) is 0.308. The van der Waals surface area contributed by atoms with Gasteiger partial charge in [-0.15, -0.1) is 11.5 Å². The SMILES string of the molecule is [Br-].[C-]#CC=CC#C[Si](C)(C)C(C)(C)C.[Mg+2]. The van der Waals surface area contributed by atoms with Crippen molar-refractivity contribution in [2.45, 2.75) is 38.9 Å². The van der Waals surface area contributed by atoms with Crippen LogP contribution in [0.2, 0.25) is 18.1 Å². The molecule has 0 radical (unpaired) electrons. The Morgan fingerprint density at radius 1 is 1.13 bits per heavy atom. The van der Waals surface area contributed by atoms with Crippen molar-refractivity contribution < 1.29 is 17.0 Å². The Kier molecular flexibility index (Phi) is 11.7. The molecule has 0 saturated carbocycles. The monoisotopic (exact) mass is 292 g/mol. The van der Waals surface area contributed by atoms with Crippen molar-refractivity contribution in [2.24, 2.45) is 0 Å². The Morgan fingerprint density at radius 3 is 1.93 bits per heavy atom. The summed E-state index contributed by atoms with van der Waals surface area (Å²) >= 11 is 0. The fraction of sp³-hybridized carbons (Fsp3) is 0.500. The molecular formula is C12H17BrMgSi. The topological polar surface area (TPSA) is 0 Å². The van der Waals surface area contributed by atoms with Crippen LogP contribution in [-0.2, 0) is 0 Å². The van der Waals surface area contributed by atoms with E-state index in [9.17, 15) is 0 Å². The Hall–Kier alpha value is 0.323. The summed E-state index contributed by atoms with van der Waals surface area (Å²) < 4.78 is 0. The zero-order valence-corrected chi connectivity index (χ0v) is 14.2. The van der Waals surface area contributed by atoms with Crippen molar-refractivity contribution in [3.8, 4) is 17.4 Å². The van der Waals surface area contributed by atoms with Crippen molar-refractivity contribution in [2.75, 3.05) is 0 Å². The van der Waals surface area contributed by atoms with Gasteiger partial charge in [-0.05, 0) is 5.04 Å². The van der Waals surface area contributed by atoms with Crippen LogP contribution < -0.4 is 17.0 Å². The van der Waals surface area contributed by atoms with E-state index < -0.39 is 8.07 Å². The number of rotatable bonds is 0. The van der Waals surface area contributed by atoms with Gasteiger partial charge in [-0.25, -0.2) is 0 Å². The summed E-state index contributed by atoms with van der Waals surface area (Å²) in [5.41, 5.74) is 3.31. The molecule has 0 nitrogen and oxygen atoms in total. The Bertz CT molecular complexity index is 294. The molecule has 0 saturated heterocycles. The molecule has 0 bridgehead atoms. The van der Waals surface area contributed by atoms with E-state index in [1.54, 1.807) is 6.08 Å².